The van der Waals surface area contributed by atoms with Gasteiger partial charge >= 0.3 is 0 Å². The van der Waals surface area contributed by atoms with E-state index < -0.39 is 0 Å². The molecule has 2 rings (SSSR count). The standard InChI is InChI=1S/C12H15FN2OS2/c1-16-11-7-10-9(6-8(11)13)14-12(17)15(10)4-3-5-18-2/h6-7H,3-5H2,1-2H3,(H,14,17). The van der Waals surface area contributed by atoms with Crippen molar-refractivity contribution in [1.29, 1.82) is 0 Å². The third kappa shape index (κ3) is 2.54. The van der Waals surface area contributed by atoms with Crippen LogP contribution in [0.15, 0.2) is 12.1 Å². The van der Waals surface area contributed by atoms with Crippen LogP contribution in [0.4, 0.5) is 4.39 Å². The van der Waals surface area contributed by atoms with E-state index in [1.807, 2.05) is 4.57 Å². The smallest absolute Gasteiger partial charge is 0.178 e. The average Bonchev–Trinajstić information content (AvgIpc) is 2.64. The van der Waals surface area contributed by atoms with Gasteiger partial charge in [-0.15, -0.1) is 0 Å². The van der Waals surface area contributed by atoms with Crippen LogP contribution in [0, 0.1) is 10.6 Å². The van der Waals surface area contributed by atoms with Crippen LogP contribution in [-0.4, -0.2) is 28.7 Å². The number of aryl methyl sites for hydroxylation is 1. The van der Waals surface area contributed by atoms with Crippen LogP contribution in [0.25, 0.3) is 11.0 Å². The highest BCUT2D eigenvalue weighted by Crippen LogP contribution is 2.24. The Bertz CT molecular complexity index is 606. The highest BCUT2D eigenvalue weighted by atomic mass is 32.2. The van der Waals surface area contributed by atoms with Gasteiger partial charge in [0.15, 0.2) is 16.3 Å². The van der Waals surface area contributed by atoms with Crippen molar-refractivity contribution in [1.82, 2.24) is 9.55 Å². The number of thioether (sulfide) groups is 1. The minimum Gasteiger partial charge on any atom is -0.494 e. The van der Waals surface area contributed by atoms with Crippen LogP contribution >= 0.6 is 24.0 Å². The predicted octanol–water partition coefficient (Wildman–Crippen LogP) is 3.60. The van der Waals surface area contributed by atoms with E-state index in [1.165, 1.54) is 13.2 Å². The van der Waals surface area contributed by atoms with Crippen LogP contribution in [0.1, 0.15) is 6.42 Å². The molecule has 1 aromatic heterocycles. The molecule has 0 aliphatic rings. The average molecular weight is 286 g/mol. The number of nitrogens with one attached hydrogen (secondary N) is 1. The molecule has 1 N–H and O–H groups in total. The summed E-state index contributed by atoms with van der Waals surface area (Å²) in [5.41, 5.74) is 1.60. The summed E-state index contributed by atoms with van der Waals surface area (Å²) in [5.74, 6) is 0.944. The van der Waals surface area contributed by atoms with Gasteiger partial charge in [-0.25, -0.2) is 4.39 Å². The minimum absolute atomic E-state index is 0.245. The van der Waals surface area contributed by atoms with Crippen LogP contribution in [-0.2, 0) is 6.54 Å². The lowest BCUT2D eigenvalue weighted by Gasteiger charge is -2.06. The molecule has 0 spiro atoms. The number of benzene rings is 1. The first-order chi connectivity index (χ1) is 8.67. The summed E-state index contributed by atoms with van der Waals surface area (Å²) in [6.07, 6.45) is 3.11. The Balaban J connectivity index is 2.45. The third-order valence-corrected chi connectivity index (χ3v) is 3.80. The van der Waals surface area contributed by atoms with Crippen LogP contribution in [0.3, 0.4) is 0 Å². The quantitative estimate of drug-likeness (QED) is 0.673. The molecule has 0 atom stereocenters. The van der Waals surface area contributed by atoms with E-state index in [-0.39, 0.29) is 11.6 Å². The number of nitrogens with zero attached hydrogens (tertiary/aromatic N) is 1. The summed E-state index contributed by atoms with van der Waals surface area (Å²) < 4.78 is 21.2. The second-order valence-electron chi connectivity index (χ2n) is 3.93. The molecule has 0 aliphatic heterocycles. The molecule has 0 bridgehead atoms. The summed E-state index contributed by atoms with van der Waals surface area (Å²) in [6, 6.07) is 3.12. The van der Waals surface area contributed by atoms with E-state index in [4.69, 9.17) is 17.0 Å². The zero-order chi connectivity index (χ0) is 13.1. The highest BCUT2D eigenvalue weighted by Gasteiger charge is 2.10. The number of fused-ring (bicyclic) bond motifs is 1. The lowest BCUT2D eigenvalue weighted by atomic mass is 10.3. The number of imidazole rings is 1. The third-order valence-electron chi connectivity index (χ3n) is 2.78. The molecule has 98 valence electrons. The van der Waals surface area contributed by atoms with E-state index in [9.17, 15) is 4.39 Å². The SMILES string of the molecule is COc1cc2c(cc1F)[nH]c(=S)n2CCCSC. The molecule has 1 heterocycles. The fourth-order valence-corrected chi connectivity index (χ4v) is 2.62. The van der Waals surface area contributed by atoms with Crippen molar-refractivity contribution in [3.8, 4) is 5.75 Å². The normalized spacial score (nSPS) is 11.1. The molecular formula is C12H15FN2OS2. The van der Waals surface area contributed by atoms with Crippen molar-refractivity contribution in [2.75, 3.05) is 19.1 Å². The fraction of sp³-hybridized carbons (Fsp3) is 0.417. The Morgan fingerprint density at radius 3 is 2.94 bits per heavy atom. The summed E-state index contributed by atoms with van der Waals surface area (Å²) in [6.45, 7) is 0.828. The van der Waals surface area contributed by atoms with E-state index in [0.29, 0.717) is 10.3 Å². The molecule has 0 saturated carbocycles. The number of halogens is 1. The second kappa shape index (κ2) is 5.75. The monoisotopic (exact) mass is 286 g/mol. The Hall–Kier alpha value is -1.01. The zero-order valence-corrected chi connectivity index (χ0v) is 12.0. The highest BCUT2D eigenvalue weighted by molar-refractivity contribution is 7.98. The maximum Gasteiger partial charge on any atom is 0.178 e. The lowest BCUT2D eigenvalue weighted by molar-refractivity contribution is 0.387. The topological polar surface area (TPSA) is 29.9 Å². The maximum atomic E-state index is 13.6. The Kier molecular flexibility index (Phi) is 4.29. The van der Waals surface area contributed by atoms with Crippen LogP contribution < -0.4 is 4.74 Å². The molecule has 0 amide bonds. The maximum absolute atomic E-state index is 13.6. The largest absolute Gasteiger partial charge is 0.494 e. The van der Waals surface area contributed by atoms with Gasteiger partial charge < -0.3 is 14.3 Å². The van der Waals surface area contributed by atoms with Gasteiger partial charge in [-0.3, -0.25) is 0 Å². The molecule has 6 heteroatoms. The van der Waals surface area contributed by atoms with Gasteiger partial charge in [0.1, 0.15) is 0 Å². The molecule has 2 aromatic rings. The summed E-state index contributed by atoms with van der Waals surface area (Å²) >= 11 is 7.07. The first-order valence-electron chi connectivity index (χ1n) is 5.62. The molecule has 0 unspecified atom stereocenters. The summed E-state index contributed by atoms with van der Waals surface area (Å²) in [5, 5.41) is 0. The van der Waals surface area contributed by atoms with Gasteiger partial charge in [0.2, 0.25) is 0 Å². The zero-order valence-electron chi connectivity index (χ0n) is 10.3. The molecule has 3 nitrogen and oxygen atoms in total. The number of hydrogen-bond acceptors (Lipinski definition) is 3. The van der Waals surface area contributed by atoms with Gasteiger partial charge in [-0.2, -0.15) is 11.8 Å². The molecule has 0 radical (unpaired) electrons. The van der Waals surface area contributed by atoms with Gasteiger partial charge in [-0.1, -0.05) is 0 Å². The van der Waals surface area contributed by atoms with Crippen molar-refractivity contribution in [2.24, 2.45) is 0 Å². The number of aromatic nitrogens is 2. The molecule has 0 aliphatic carbocycles. The lowest BCUT2D eigenvalue weighted by Crippen LogP contribution is -1.99. The molecule has 0 saturated heterocycles. The van der Waals surface area contributed by atoms with Gasteiger partial charge in [-0.05, 0) is 30.6 Å². The minimum atomic E-state index is -0.377. The van der Waals surface area contributed by atoms with Gasteiger partial charge in [0.05, 0.1) is 18.1 Å². The summed E-state index contributed by atoms with van der Waals surface area (Å²) in [4.78, 5) is 3.02. The molecule has 0 fully saturated rings. The summed E-state index contributed by atoms with van der Waals surface area (Å²) in [7, 11) is 1.46. The van der Waals surface area contributed by atoms with Gasteiger partial charge in [0, 0.05) is 18.7 Å². The van der Waals surface area contributed by atoms with Crippen molar-refractivity contribution in [3.05, 3.63) is 22.7 Å². The number of rotatable bonds is 5. The first kappa shape index (κ1) is 13.4. The van der Waals surface area contributed by atoms with E-state index in [0.717, 1.165) is 24.2 Å². The van der Waals surface area contributed by atoms with Crippen molar-refractivity contribution in [2.45, 2.75) is 13.0 Å². The van der Waals surface area contributed by atoms with Gasteiger partial charge in [0.25, 0.3) is 0 Å². The van der Waals surface area contributed by atoms with Crippen molar-refractivity contribution >= 4 is 35.0 Å². The molecule has 1 aromatic carbocycles. The van der Waals surface area contributed by atoms with Crippen LogP contribution in [0.2, 0.25) is 0 Å². The second-order valence-corrected chi connectivity index (χ2v) is 5.30. The van der Waals surface area contributed by atoms with E-state index in [1.54, 1.807) is 17.8 Å². The number of aromatic amines is 1. The Morgan fingerprint density at radius 1 is 1.50 bits per heavy atom. The van der Waals surface area contributed by atoms with Crippen LogP contribution in [0.5, 0.6) is 5.75 Å². The fourth-order valence-electron chi connectivity index (χ4n) is 1.90. The van der Waals surface area contributed by atoms with Crippen molar-refractivity contribution < 1.29 is 9.13 Å². The van der Waals surface area contributed by atoms with E-state index >= 15 is 0 Å². The Labute approximate surface area is 114 Å². The number of hydrogen-bond donors (Lipinski definition) is 1. The Morgan fingerprint density at radius 2 is 2.28 bits per heavy atom. The van der Waals surface area contributed by atoms with Crippen molar-refractivity contribution in [3.63, 3.8) is 0 Å². The number of H-pyrrole nitrogens is 1. The molecular weight excluding hydrogens is 271 g/mol. The number of methoxy groups -OCH3 is 1. The molecule has 18 heavy (non-hydrogen) atoms. The number of ether oxygens (including phenoxy) is 1. The predicted molar refractivity (Wildman–Crippen MR) is 76.6 cm³/mol. The first-order valence-corrected chi connectivity index (χ1v) is 7.42. The van der Waals surface area contributed by atoms with E-state index in [2.05, 4.69) is 11.2 Å².